The molecule has 0 spiro atoms. The number of nitrogens with zero attached hydrogens (tertiary/aromatic N) is 2. The molecule has 0 aliphatic carbocycles. The minimum absolute atomic E-state index is 0.599. The van der Waals surface area contributed by atoms with E-state index in [9.17, 15) is 0 Å². The largest absolute Gasteiger partial charge is 0.312 e. The summed E-state index contributed by atoms with van der Waals surface area (Å²) in [5, 5.41) is 3.62. The molecule has 0 radical (unpaired) electrons. The van der Waals surface area contributed by atoms with Crippen LogP contribution in [0.5, 0.6) is 0 Å². The van der Waals surface area contributed by atoms with Gasteiger partial charge in [0.05, 0.1) is 5.69 Å². The van der Waals surface area contributed by atoms with Crippen LogP contribution in [-0.2, 0) is 6.54 Å². The third kappa shape index (κ3) is 4.10. The highest BCUT2D eigenvalue weighted by atomic mass is 15.1. The molecule has 17 heavy (non-hydrogen) atoms. The lowest BCUT2D eigenvalue weighted by Gasteiger charge is -2.33. The second-order valence-corrected chi connectivity index (χ2v) is 5.19. The summed E-state index contributed by atoms with van der Waals surface area (Å²) in [5.41, 5.74) is 1.18. The van der Waals surface area contributed by atoms with E-state index in [4.69, 9.17) is 0 Å². The number of rotatable bonds is 4. The molecule has 1 saturated heterocycles. The third-order valence-corrected chi connectivity index (χ3v) is 3.27. The molecule has 3 nitrogen and oxygen atoms in total. The van der Waals surface area contributed by atoms with E-state index in [2.05, 4.69) is 41.2 Å². The molecule has 2 rings (SSSR count). The monoisotopic (exact) mass is 233 g/mol. The summed E-state index contributed by atoms with van der Waals surface area (Å²) in [5.74, 6) is 0. The molecule has 1 aliphatic rings. The molecule has 1 aromatic heterocycles. The standard InChI is InChI=1S/C14H23N3/c1-12(2)16-13-6-9-17(10-7-13)11-14-5-3-4-8-15-14/h3-5,8,12-13,16H,6-7,9-11H2,1-2H3. The van der Waals surface area contributed by atoms with Crippen LogP contribution in [0.4, 0.5) is 0 Å². The first-order valence-corrected chi connectivity index (χ1v) is 6.62. The molecule has 3 heteroatoms. The van der Waals surface area contributed by atoms with Crippen molar-refractivity contribution in [2.75, 3.05) is 13.1 Å². The fourth-order valence-corrected chi connectivity index (χ4v) is 2.45. The quantitative estimate of drug-likeness (QED) is 0.862. The molecule has 0 atom stereocenters. The zero-order chi connectivity index (χ0) is 12.1. The van der Waals surface area contributed by atoms with Gasteiger partial charge in [-0.15, -0.1) is 0 Å². The Bertz CT molecular complexity index is 315. The Balaban J connectivity index is 1.76. The molecule has 0 bridgehead atoms. The van der Waals surface area contributed by atoms with Crippen LogP contribution in [-0.4, -0.2) is 35.1 Å². The van der Waals surface area contributed by atoms with Crippen LogP contribution >= 0.6 is 0 Å². The number of hydrogen-bond acceptors (Lipinski definition) is 3. The van der Waals surface area contributed by atoms with Gasteiger partial charge in [-0.1, -0.05) is 19.9 Å². The average Bonchev–Trinajstić information content (AvgIpc) is 2.32. The van der Waals surface area contributed by atoms with Crippen LogP contribution in [0.3, 0.4) is 0 Å². The summed E-state index contributed by atoms with van der Waals surface area (Å²) >= 11 is 0. The molecular formula is C14H23N3. The highest BCUT2D eigenvalue weighted by Gasteiger charge is 2.19. The van der Waals surface area contributed by atoms with Crippen LogP contribution in [0.2, 0.25) is 0 Å². The molecule has 0 amide bonds. The van der Waals surface area contributed by atoms with Crippen molar-refractivity contribution < 1.29 is 0 Å². The Morgan fingerprint density at radius 2 is 2.12 bits per heavy atom. The van der Waals surface area contributed by atoms with Crippen molar-refractivity contribution in [1.29, 1.82) is 0 Å². The lowest BCUT2D eigenvalue weighted by molar-refractivity contribution is 0.185. The van der Waals surface area contributed by atoms with Crippen molar-refractivity contribution in [3.8, 4) is 0 Å². The van der Waals surface area contributed by atoms with E-state index in [1.165, 1.54) is 31.6 Å². The van der Waals surface area contributed by atoms with E-state index in [0.29, 0.717) is 12.1 Å². The molecule has 0 saturated carbocycles. The van der Waals surface area contributed by atoms with Crippen molar-refractivity contribution >= 4 is 0 Å². The van der Waals surface area contributed by atoms with Crippen LogP contribution in [0.1, 0.15) is 32.4 Å². The Kier molecular flexibility index (Phi) is 4.51. The maximum atomic E-state index is 4.38. The zero-order valence-electron chi connectivity index (χ0n) is 10.9. The summed E-state index contributed by atoms with van der Waals surface area (Å²) in [7, 11) is 0. The lowest BCUT2D eigenvalue weighted by Crippen LogP contribution is -2.44. The van der Waals surface area contributed by atoms with E-state index >= 15 is 0 Å². The minimum atomic E-state index is 0.599. The zero-order valence-corrected chi connectivity index (χ0v) is 10.9. The number of hydrogen-bond donors (Lipinski definition) is 1. The SMILES string of the molecule is CC(C)NC1CCN(Cc2ccccn2)CC1. The second-order valence-electron chi connectivity index (χ2n) is 5.19. The van der Waals surface area contributed by atoms with Gasteiger partial charge < -0.3 is 5.32 Å². The molecule has 94 valence electrons. The van der Waals surface area contributed by atoms with Crippen molar-refractivity contribution in [1.82, 2.24) is 15.2 Å². The topological polar surface area (TPSA) is 28.2 Å². The first-order valence-electron chi connectivity index (χ1n) is 6.62. The van der Waals surface area contributed by atoms with E-state index in [1.54, 1.807) is 0 Å². The van der Waals surface area contributed by atoms with Gasteiger partial charge in [0, 0.05) is 37.9 Å². The van der Waals surface area contributed by atoms with Gasteiger partial charge in [0.1, 0.15) is 0 Å². The van der Waals surface area contributed by atoms with Gasteiger partial charge in [-0.3, -0.25) is 9.88 Å². The molecule has 0 aromatic carbocycles. The van der Waals surface area contributed by atoms with Crippen LogP contribution < -0.4 is 5.32 Å². The maximum Gasteiger partial charge on any atom is 0.0543 e. The normalized spacial score (nSPS) is 18.8. The van der Waals surface area contributed by atoms with E-state index in [-0.39, 0.29) is 0 Å². The molecule has 1 fully saturated rings. The predicted molar refractivity (Wildman–Crippen MR) is 70.8 cm³/mol. The summed E-state index contributed by atoms with van der Waals surface area (Å²) in [4.78, 5) is 6.88. The van der Waals surface area contributed by atoms with Crippen LogP contribution in [0.25, 0.3) is 0 Å². The van der Waals surface area contributed by atoms with Gasteiger partial charge in [0.25, 0.3) is 0 Å². The fourth-order valence-electron chi connectivity index (χ4n) is 2.45. The second kappa shape index (κ2) is 6.12. The Hall–Kier alpha value is -0.930. The fraction of sp³-hybridized carbons (Fsp3) is 0.643. The van der Waals surface area contributed by atoms with Gasteiger partial charge in [-0.2, -0.15) is 0 Å². The van der Waals surface area contributed by atoms with Gasteiger partial charge in [-0.05, 0) is 25.0 Å². The molecule has 1 aliphatic heterocycles. The summed E-state index contributed by atoms with van der Waals surface area (Å²) in [6.45, 7) is 7.80. The Morgan fingerprint density at radius 3 is 2.71 bits per heavy atom. The number of likely N-dealkylation sites (tertiary alicyclic amines) is 1. The smallest absolute Gasteiger partial charge is 0.0543 e. The van der Waals surface area contributed by atoms with Crippen molar-refractivity contribution in [3.05, 3.63) is 30.1 Å². The van der Waals surface area contributed by atoms with Crippen molar-refractivity contribution in [2.24, 2.45) is 0 Å². The molecule has 0 unspecified atom stereocenters. The molecular weight excluding hydrogens is 210 g/mol. The summed E-state index contributed by atoms with van der Waals surface area (Å²) < 4.78 is 0. The predicted octanol–water partition coefficient (Wildman–Crippen LogP) is 2.04. The van der Waals surface area contributed by atoms with E-state index in [0.717, 1.165) is 6.54 Å². The molecule has 1 aromatic rings. The van der Waals surface area contributed by atoms with Crippen molar-refractivity contribution in [3.63, 3.8) is 0 Å². The van der Waals surface area contributed by atoms with Crippen molar-refractivity contribution in [2.45, 2.75) is 45.3 Å². The van der Waals surface area contributed by atoms with Gasteiger partial charge in [-0.25, -0.2) is 0 Å². The van der Waals surface area contributed by atoms with E-state index in [1.807, 2.05) is 12.3 Å². The summed E-state index contributed by atoms with van der Waals surface area (Å²) in [6, 6.07) is 7.45. The third-order valence-electron chi connectivity index (χ3n) is 3.27. The summed E-state index contributed by atoms with van der Waals surface area (Å²) in [6.07, 6.45) is 4.39. The average molecular weight is 233 g/mol. The number of pyridine rings is 1. The Morgan fingerprint density at radius 1 is 1.35 bits per heavy atom. The maximum absolute atomic E-state index is 4.38. The Labute approximate surface area is 104 Å². The van der Waals surface area contributed by atoms with Gasteiger partial charge >= 0.3 is 0 Å². The number of aromatic nitrogens is 1. The van der Waals surface area contributed by atoms with E-state index < -0.39 is 0 Å². The van der Waals surface area contributed by atoms with Gasteiger partial charge in [0.2, 0.25) is 0 Å². The lowest BCUT2D eigenvalue weighted by atomic mass is 10.0. The minimum Gasteiger partial charge on any atom is -0.312 e. The molecule has 2 heterocycles. The van der Waals surface area contributed by atoms with Crippen LogP contribution in [0, 0.1) is 0 Å². The van der Waals surface area contributed by atoms with Gasteiger partial charge in [0.15, 0.2) is 0 Å². The number of nitrogens with one attached hydrogen (secondary N) is 1. The highest BCUT2D eigenvalue weighted by molar-refractivity contribution is 5.03. The highest BCUT2D eigenvalue weighted by Crippen LogP contribution is 2.13. The number of piperidine rings is 1. The molecule has 1 N–H and O–H groups in total. The van der Waals surface area contributed by atoms with Crippen LogP contribution in [0.15, 0.2) is 24.4 Å². The first-order chi connectivity index (χ1) is 8.24. The first kappa shape index (κ1) is 12.5.